The first-order valence-corrected chi connectivity index (χ1v) is 17.1. The molecule has 4 aromatic rings. The summed E-state index contributed by atoms with van der Waals surface area (Å²) in [6.45, 7) is 4.25. The number of esters is 1. The fraction of sp³-hybridized carbons (Fsp3) is 0.317. The largest absolute Gasteiger partial charge is 0.494 e. The lowest BCUT2D eigenvalue weighted by molar-refractivity contribution is -0.119. The van der Waals surface area contributed by atoms with Gasteiger partial charge in [0, 0.05) is 11.3 Å². The Bertz CT molecular complexity index is 1750. The first kappa shape index (κ1) is 38.2. The number of nitrogens with one attached hydrogen (secondary N) is 2. The summed E-state index contributed by atoms with van der Waals surface area (Å²) in [7, 11) is 3.08. The van der Waals surface area contributed by atoms with Crippen molar-refractivity contribution in [3.63, 3.8) is 0 Å². The lowest BCUT2D eigenvalue weighted by atomic mass is 10.0. The van der Waals surface area contributed by atoms with Gasteiger partial charge >= 0.3 is 5.97 Å². The van der Waals surface area contributed by atoms with E-state index in [1.54, 1.807) is 98.1 Å². The third-order valence-electron chi connectivity index (χ3n) is 8.22. The molecular weight excluding hydrogens is 648 g/mol. The van der Waals surface area contributed by atoms with Gasteiger partial charge in [-0.1, -0.05) is 50.8 Å². The van der Waals surface area contributed by atoms with E-state index in [2.05, 4.69) is 17.6 Å². The summed E-state index contributed by atoms with van der Waals surface area (Å²) in [4.78, 5) is 50.8. The number of carbonyl (C=O) groups excluding carboxylic acids is 4. The molecule has 0 fully saturated rings. The van der Waals surface area contributed by atoms with E-state index < -0.39 is 17.9 Å². The average Bonchev–Trinajstić information content (AvgIpc) is 3.13. The van der Waals surface area contributed by atoms with Crippen molar-refractivity contribution >= 4 is 29.3 Å². The number of hydrogen-bond acceptors (Lipinski definition) is 8. The second-order valence-corrected chi connectivity index (χ2v) is 12.2. The summed E-state index contributed by atoms with van der Waals surface area (Å²) in [5.74, 6) is 0.816. The summed E-state index contributed by atoms with van der Waals surface area (Å²) < 4.78 is 21.9. The molecule has 10 nitrogen and oxygen atoms in total. The summed E-state index contributed by atoms with van der Waals surface area (Å²) in [6.07, 6.45) is 6.17. The minimum atomic E-state index is -0.774. The molecule has 0 bridgehead atoms. The Morgan fingerprint density at radius 2 is 1.31 bits per heavy atom. The fourth-order valence-corrected chi connectivity index (χ4v) is 5.30. The van der Waals surface area contributed by atoms with Crippen LogP contribution in [0.5, 0.6) is 23.0 Å². The molecule has 4 aromatic carbocycles. The monoisotopic (exact) mass is 694 g/mol. The quantitative estimate of drug-likeness (QED) is 0.0591. The van der Waals surface area contributed by atoms with Crippen molar-refractivity contribution in [1.82, 2.24) is 5.32 Å². The first-order valence-electron chi connectivity index (χ1n) is 17.1. The van der Waals surface area contributed by atoms with Gasteiger partial charge in [0.15, 0.2) is 17.3 Å². The van der Waals surface area contributed by atoms with E-state index in [4.69, 9.17) is 18.9 Å². The minimum absolute atomic E-state index is 0.120. The summed E-state index contributed by atoms with van der Waals surface area (Å²) in [5, 5.41) is 5.62. The highest BCUT2D eigenvalue weighted by Gasteiger charge is 2.19. The van der Waals surface area contributed by atoms with Gasteiger partial charge in [-0.25, -0.2) is 4.79 Å². The SMILES string of the molecule is CCCCCCCOc1ccc(C(=O)Oc2ccc(C[C@H](NC(=O)c3ccc(NC(=O)Cc4ccc(OC)c(OC)c4)cc3)C(C)=O)cc2)cc1. The van der Waals surface area contributed by atoms with Gasteiger partial charge < -0.3 is 29.6 Å². The molecule has 268 valence electrons. The number of unbranched alkanes of at least 4 members (excludes halogenated alkanes) is 4. The molecular formula is C41H46N2O8. The van der Waals surface area contributed by atoms with Crippen molar-refractivity contribution in [3.05, 3.63) is 113 Å². The molecule has 0 aliphatic heterocycles. The van der Waals surface area contributed by atoms with Crippen LogP contribution in [0.2, 0.25) is 0 Å². The molecule has 0 aliphatic carbocycles. The van der Waals surface area contributed by atoms with E-state index in [1.165, 1.54) is 33.3 Å². The zero-order chi connectivity index (χ0) is 36.6. The highest BCUT2D eigenvalue weighted by molar-refractivity contribution is 5.98. The van der Waals surface area contributed by atoms with Gasteiger partial charge in [-0.05, 0) is 104 Å². The smallest absolute Gasteiger partial charge is 0.343 e. The van der Waals surface area contributed by atoms with Crippen molar-refractivity contribution in [2.45, 2.75) is 64.8 Å². The third-order valence-corrected chi connectivity index (χ3v) is 8.22. The van der Waals surface area contributed by atoms with Gasteiger partial charge in [0.25, 0.3) is 5.91 Å². The molecule has 10 heteroatoms. The lowest BCUT2D eigenvalue weighted by Gasteiger charge is -2.17. The number of hydrogen-bond donors (Lipinski definition) is 2. The van der Waals surface area contributed by atoms with Crippen molar-refractivity contribution in [2.24, 2.45) is 0 Å². The maximum absolute atomic E-state index is 13.0. The molecule has 0 saturated carbocycles. The molecule has 1 atom stereocenters. The Labute approximate surface area is 299 Å². The fourth-order valence-electron chi connectivity index (χ4n) is 5.30. The molecule has 0 aliphatic rings. The third kappa shape index (κ3) is 12.0. The Kier molecular flexibility index (Phi) is 14.6. The van der Waals surface area contributed by atoms with E-state index in [1.807, 2.05) is 0 Å². The van der Waals surface area contributed by atoms with Crippen LogP contribution in [0.1, 0.15) is 77.8 Å². The lowest BCUT2D eigenvalue weighted by Crippen LogP contribution is -2.41. The van der Waals surface area contributed by atoms with Gasteiger partial charge in [0.2, 0.25) is 5.91 Å². The molecule has 0 heterocycles. The maximum Gasteiger partial charge on any atom is 0.343 e. The number of Topliss-reactive ketones (excluding diaryl/α,β-unsaturated/α-hetero) is 1. The predicted octanol–water partition coefficient (Wildman–Crippen LogP) is 7.38. The van der Waals surface area contributed by atoms with E-state index in [9.17, 15) is 19.2 Å². The van der Waals surface area contributed by atoms with Crippen LogP contribution in [0.25, 0.3) is 0 Å². The van der Waals surface area contributed by atoms with Gasteiger partial charge in [-0.3, -0.25) is 14.4 Å². The van der Waals surface area contributed by atoms with Crippen LogP contribution in [-0.4, -0.2) is 50.4 Å². The molecule has 4 rings (SSSR count). The molecule has 0 saturated heterocycles. The number of rotatable bonds is 19. The Morgan fingerprint density at radius 3 is 1.96 bits per heavy atom. The van der Waals surface area contributed by atoms with Crippen molar-refractivity contribution in [1.29, 1.82) is 0 Å². The van der Waals surface area contributed by atoms with Crippen LogP contribution in [0.4, 0.5) is 5.69 Å². The summed E-state index contributed by atoms with van der Waals surface area (Å²) in [6, 6.07) is 24.6. The second-order valence-electron chi connectivity index (χ2n) is 12.2. The highest BCUT2D eigenvalue weighted by atomic mass is 16.5. The van der Waals surface area contributed by atoms with Crippen LogP contribution in [0.3, 0.4) is 0 Å². The number of carbonyl (C=O) groups is 4. The van der Waals surface area contributed by atoms with Crippen LogP contribution < -0.4 is 29.6 Å². The molecule has 0 aromatic heterocycles. The van der Waals surface area contributed by atoms with E-state index in [-0.39, 0.29) is 24.5 Å². The number of methoxy groups -OCH3 is 2. The van der Waals surface area contributed by atoms with Gasteiger partial charge in [-0.15, -0.1) is 0 Å². The number of ether oxygens (including phenoxy) is 4. The van der Waals surface area contributed by atoms with Crippen LogP contribution in [0.15, 0.2) is 91.0 Å². The van der Waals surface area contributed by atoms with Gasteiger partial charge in [-0.2, -0.15) is 0 Å². The molecule has 0 spiro atoms. The zero-order valence-electron chi connectivity index (χ0n) is 29.7. The Morgan fingerprint density at radius 1 is 0.686 bits per heavy atom. The summed E-state index contributed by atoms with van der Waals surface area (Å²) in [5.41, 5.74) is 2.79. The predicted molar refractivity (Wildman–Crippen MR) is 196 cm³/mol. The summed E-state index contributed by atoms with van der Waals surface area (Å²) >= 11 is 0. The van der Waals surface area contributed by atoms with E-state index in [0.29, 0.717) is 46.4 Å². The van der Waals surface area contributed by atoms with Crippen molar-refractivity contribution in [2.75, 3.05) is 26.1 Å². The average molecular weight is 695 g/mol. The van der Waals surface area contributed by atoms with Gasteiger partial charge in [0.1, 0.15) is 11.5 Å². The zero-order valence-corrected chi connectivity index (χ0v) is 29.7. The topological polar surface area (TPSA) is 129 Å². The second kappa shape index (κ2) is 19.5. The Hall–Kier alpha value is -5.64. The maximum atomic E-state index is 13.0. The highest BCUT2D eigenvalue weighted by Crippen LogP contribution is 2.28. The van der Waals surface area contributed by atoms with E-state index >= 15 is 0 Å². The minimum Gasteiger partial charge on any atom is -0.494 e. The molecule has 0 unspecified atom stereocenters. The van der Waals surface area contributed by atoms with Crippen molar-refractivity contribution < 1.29 is 38.1 Å². The number of ketones is 1. The molecule has 51 heavy (non-hydrogen) atoms. The van der Waals surface area contributed by atoms with Gasteiger partial charge in [0.05, 0.1) is 38.9 Å². The van der Waals surface area contributed by atoms with E-state index in [0.717, 1.165) is 24.0 Å². The Balaban J connectivity index is 1.25. The van der Waals surface area contributed by atoms with Crippen LogP contribution >= 0.6 is 0 Å². The van der Waals surface area contributed by atoms with Crippen LogP contribution in [0, 0.1) is 0 Å². The molecule has 0 radical (unpaired) electrons. The number of anilines is 1. The molecule has 2 N–H and O–H groups in total. The standard InChI is InChI=1S/C41H46N2O8/c1-5-6-7-8-9-24-50-34-21-15-32(16-22-34)41(47)51-35-19-10-29(11-20-35)25-36(28(2)44)43-40(46)31-13-17-33(18-14-31)42-39(45)27-30-12-23-37(48-3)38(26-30)49-4/h10-23,26,36H,5-9,24-25,27H2,1-4H3,(H,42,45)(H,43,46)/t36-/m0/s1. The first-order chi connectivity index (χ1) is 24.7. The number of benzene rings is 4. The molecule has 2 amide bonds. The van der Waals surface area contributed by atoms with Crippen molar-refractivity contribution in [3.8, 4) is 23.0 Å². The van der Waals surface area contributed by atoms with Crippen LogP contribution in [-0.2, 0) is 22.4 Å². The number of amides is 2. The normalized spacial score (nSPS) is 11.2.